The number of benzene rings is 2. The lowest BCUT2D eigenvalue weighted by Crippen LogP contribution is -2.24. The van der Waals surface area contributed by atoms with Crippen molar-refractivity contribution in [2.75, 3.05) is 6.61 Å². The van der Waals surface area contributed by atoms with Gasteiger partial charge in [-0.25, -0.2) is 4.79 Å². The number of aromatic nitrogens is 1. The third-order valence-corrected chi connectivity index (χ3v) is 5.21. The standard InChI is InChI=1S/C23H26N2O5/c1-3-28-20-12-16-11-15(2)29-21(16)13-17(20)14-24-22(26)9-6-10-25-18-7-4-5-8-19(18)30-23(25)27/h4-5,7-8,12-13,15H,3,6,9-11,14H2,1-2H3,(H,24,26). The van der Waals surface area contributed by atoms with Crippen LogP contribution in [0.4, 0.5) is 0 Å². The van der Waals surface area contributed by atoms with Crippen LogP contribution in [-0.2, 0) is 24.3 Å². The van der Waals surface area contributed by atoms with Gasteiger partial charge in [0.1, 0.15) is 17.6 Å². The molecule has 7 heteroatoms. The zero-order valence-electron chi connectivity index (χ0n) is 17.3. The molecule has 3 aromatic rings. The third-order valence-electron chi connectivity index (χ3n) is 5.21. The highest BCUT2D eigenvalue weighted by Gasteiger charge is 2.22. The molecule has 158 valence electrons. The number of amides is 1. The van der Waals surface area contributed by atoms with Crippen LogP contribution in [0.3, 0.4) is 0 Å². The summed E-state index contributed by atoms with van der Waals surface area (Å²) < 4.78 is 18.4. The van der Waals surface area contributed by atoms with Gasteiger partial charge < -0.3 is 19.2 Å². The molecule has 2 aromatic carbocycles. The van der Waals surface area contributed by atoms with Gasteiger partial charge in [0.25, 0.3) is 0 Å². The fraction of sp³-hybridized carbons (Fsp3) is 0.391. The smallest absolute Gasteiger partial charge is 0.419 e. The van der Waals surface area contributed by atoms with Gasteiger partial charge in [0.05, 0.1) is 12.1 Å². The first kappa shape index (κ1) is 20.1. The molecule has 1 unspecified atom stereocenters. The molecule has 0 spiro atoms. The number of rotatable bonds is 8. The Morgan fingerprint density at radius 1 is 1.30 bits per heavy atom. The molecule has 0 aliphatic carbocycles. The van der Waals surface area contributed by atoms with Gasteiger partial charge in [-0.3, -0.25) is 9.36 Å². The van der Waals surface area contributed by atoms with E-state index in [9.17, 15) is 9.59 Å². The van der Waals surface area contributed by atoms with Crippen LogP contribution in [0.5, 0.6) is 11.5 Å². The third kappa shape index (κ3) is 4.20. The van der Waals surface area contributed by atoms with E-state index in [2.05, 4.69) is 5.32 Å². The Balaban J connectivity index is 1.34. The molecular weight excluding hydrogens is 384 g/mol. The van der Waals surface area contributed by atoms with E-state index in [1.807, 2.05) is 44.2 Å². The van der Waals surface area contributed by atoms with Crippen LogP contribution < -0.4 is 20.5 Å². The number of para-hydroxylation sites is 2. The fourth-order valence-corrected chi connectivity index (χ4v) is 3.82. The maximum absolute atomic E-state index is 12.4. The number of carbonyl (C=O) groups excluding carboxylic acids is 1. The zero-order chi connectivity index (χ0) is 21.1. The summed E-state index contributed by atoms with van der Waals surface area (Å²) in [6.45, 7) is 5.34. The van der Waals surface area contributed by atoms with Gasteiger partial charge in [0, 0.05) is 37.1 Å². The normalized spacial score (nSPS) is 15.1. The Labute approximate surface area is 174 Å². The van der Waals surface area contributed by atoms with Crippen molar-refractivity contribution in [1.82, 2.24) is 9.88 Å². The minimum absolute atomic E-state index is 0.0758. The van der Waals surface area contributed by atoms with Crippen LogP contribution in [0.2, 0.25) is 0 Å². The van der Waals surface area contributed by atoms with E-state index in [4.69, 9.17) is 13.9 Å². The second kappa shape index (κ2) is 8.65. The molecular formula is C23H26N2O5. The Hall–Kier alpha value is -3.22. The highest BCUT2D eigenvalue weighted by molar-refractivity contribution is 5.76. The van der Waals surface area contributed by atoms with Crippen molar-refractivity contribution in [2.45, 2.75) is 52.3 Å². The van der Waals surface area contributed by atoms with Crippen LogP contribution >= 0.6 is 0 Å². The van der Waals surface area contributed by atoms with E-state index >= 15 is 0 Å². The number of ether oxygens (including phenoxy) is 2. The van der Waals surface area contributed by atoms with Gasteiger partial charge in [-0.15, -0.1) is 0 Å². The number of carbonyl (C=O) groups is 1. The second-order valence-corrected chi connectivity index (χ2v) is 7.50. The molecule has 1 aliphatic heterocycles. The second-order valence-electron chi connectivity index (χ2n) is 7.50. The lowest BCUT2D eigenvalue weighted by atomic mass is 10.1. The van der Waals surface area contributed by atoms with Crippen LogP contribution in [0.1, 0.15) is 37.8 Å². The molecule has 7 nitrogen and oxygen atoms in total. The Morgan fingerprint density at radius 2 is 2.13 bits per heavy atom. The van der Waals surface area contributed by atoms with Crippen molar-refractivity contribution in [3.8, 4) is 11.5 Å². The minimum Gasteiger partial charge on any atom is -0.494 e. The number of hydrogen-bond acceptors (Lipinski definition) is 5. The largest absolute Gasteiger partial charge is 0.494 e. The summed E-state index contributed by atoms with van der Waals surface area (Å²) in [6.07, 6.45) is 1.87. The van der Waals surface area contributed by atoms with Crippen LogP contribution in [-0.4, -0.2) is 23.2 Å². The predicted octanol–water partition coefficient (Wildman–Crippen LogP) is 3.41. The van der Waals surface area contributed by atoms with E-state index in [-0.39, 0.29) is 12.0 Å². The van der Waals surface area contributed by atoms with Crippen molar-refractivity contribution in [1.29, 1.82) is 0 Å². The number of fused-ring (bicyclic) bond motifs is 2. The van der Waals surface area contributed by atoms with E-state index < -0.39 is 5.76 Å². The van der Waals surface area contributed by atoms with E-state index in [0.717, 1.165) is 34.6 Å². The summed E-state index contributed by atoms with van der Waals surface area (Å²) in [5.74, 6) is 1.17. The molecule has 2 heterocycles. The molecule has 1 atom stereocenters. The average molecular weight is 410 g/mol. The quantitative estimate of drug-likeness (QED) is 0.615. The summed E-state index contributed by atoms with van der Waals surface area (Å²) >= 11 is 0. The molecule has 1 aliphatic rings. The van der Waals surface area contributed by atoms with Gasteiger partial charge in [0.2, 0.25) is 5.91 Å². The maximum Gasteiger partial charge on any atom is 0.419 e. The minimum atomic E-state index is -0.398. The van der Waals surface area contributed by atoms with Crippen molar-refractivity contribution < 1.29 is 18.7 Å². The summed E-state index contributed by atoms with van der Waals surface area (Å²) in [5, 5.41) is 2.95. The van der Waals surface area contributed by atoms with E-state index in [1.54, 1.807) is 10.6 Å². The summed E-state index contributed by atoms with van der Waals surface area (Å²) in [6, 6.07) is 11.3. The van der Waals surface area contributed by atoms with Gasteiger partial charge in [0.15, 0.2) is 5.58 Å². The van der Waals surface area contributed by atoms with Crippen molar-refractivity contribution >= 4 is 17.0 Å². The first-order valence-electron chi connectivity index (χ1n) is 10.4. The van der Waals surface area contributed by atoms with Crippen molar-refractivity contribution in [3.05, 3.63) is 58.1 Å². The molecule has 0 fully saturated rings. The lowest BCUT2D eigenvalue weighted by Gasteiger charge is -2.13. The van der Waals surface area contributed by atoms with E-state index in [0.29, 0.717) is 38.1 Å². The number of aryl methyl sites for hydroxylation is 1. The topological polar surface area (TPSA) is 82.7 Å². The van der Waals surface area contributed by atoms with Gasteiger partial charge in [-0.2, -0.15) is 0 Å². The van der Waals surface area contributed by atoms with Crippen LogP contribution in [0, 0.1) is 0 Å². The summed E-state index contributed by atoms with van der Waals surface area (Å²) in [7, 11) is 0. The van der Waals surface area contributed by atoms with Crippen molar-refractivity contribution in [3.63, 3.8) is 0 Å². The van der Waals surface area contributed by atoms with Crippen LogP contribution in [0.25, 0.3) is 11.1 Å². The molecule has 0 saturated heterocycles. The average Bonchev–Trinajstić information content (AvgIpc) is 3.24. The fourth-order valence-electron chi connectivity index (χ4n) is 3.82. The van der Waals surface area contributed by atoms with Crippen molar-refractivity contribution in [2.24, 2.45) is 0 Å². The molecule has 1 aromatic heterocycles. The first-order chi connectivity index (χ1) is 14.5. The Bertz CT molecular complexity index is 1110. The zero-order valence-corrected chi connectivity index (χ0v) is 17.3. The lowest BCUT2D eigenvalue weighted by molar-refractivity contribution is -0.121. The molecule has 1 N–H and O–H groups in total. The molecule has 1 amide bonds. The first-order valence-corrected chi connectivity index (χ1v) is 10.4. The molecule has 0 saturated carbocycles. The molecule has 30 heavy (non-hydrogen) atoms. The molecule has 0 bridgehead atoms. The number of nitrogens with one attached hydrogen (secondary N) is 1. The van der Waals surface area contributed by atoms with E-state index in [1.165, 1.54) is 0 Å². The number of oxazole rings is 1. The Kier molecular flexibility index (Phi) is 5.79. The SMILES string of the molecule is CCOc1cc2c(cc1CNC(=O)CCCn1c(=O)oc3ccccc31)OC(C)C2. The van der Waals surface area contributed by atoms with Gasteiger partial charge in [-0.1, -0.05) is 12.1 Å². The highest BCUT2D eigenvalue weighted by atomic mass is 16.5. The number of nitrogens with zero attached hydrogens (tertiary/aromatic N) is 1. The predicted molar refractivity (Wildman–Crippen MR) is 113 cm³/mol. The monoisotopic (exact) mass is 410 g/mol. The Morgan fingerprint density at radius 3 is 2.97 bits per heavy atom. The molecule has 0 radical (unpaired) electrons. The van der Waals surface area contributed by atoms with Gasteiger partial charge in [-0.05, 0) is 44.5 Å². The molecule has 4 rings (SSSR count). The van der Waals surface area contributed by atoms with Gasteiger partial charge >= 0.3 is 5.76 Å². The summed E-state index contributed by atoms with van der Waals surface area (Å²) in [5.41, 5.74) is 3.34. The van der Waals surface area contributed by atoms with Crippen LogP contribution in [0.15, 0.2) is 45.6 Å². The number of hydrogen-bond donors (Lipinski definition) is 1. The summed E-state index contributed by atoms with van der Waals surface area (Å²) in [4.78, 5) is 24.4. The highest BCUT2D eigenvalue weighted by Crippen LogP contribution is 2.35. The maximum atomic E-state index is 12.4.